The molecule has 1 heterocycles. The van der Waals surface area contributed by atoms with Gasteiger partial charge in [-0.05, 0) is 56.6 Å². The van der Waals surface area contributed by atoms with Crippen LogP contribution in [0, 0.1) is 0 Å². The van der Waals surface area contributed by atoms with Crippen LogP contribution < -0.4 is 5.32 Å². The Bertz CT molecular complexity index is 478. The van der Waals surface area contributed by atoms with Crippen molar-refractivity contribution in [2.45, 2.75) is 45.2 Å². The van der Waals surface area contributed by atoms with Crippen molar-refractivity contribution in [3.05, 3.63) is 29.8 Å². The third-order valence-corrected chi connectivity index (χ3v) is 5.12. The number of carbonyl (C=O) groups excluding carboxylic acids is 1. The molecule has 1 fully saturated rings. The van der Waals surface area contributed by atoms with Gasteiger partial charge in [0.1, 0.15) is 5.75 Å². The first-order valence-corrected chi connectivity index (χ1v) is 9.14. The molecule has 1 aromatic carbocycles. The van der Waals surface area contributed by atoms with Crippen LogP contribution in [0.5, 0.6) is 5.75 Å². The second kappa shape index (κ2) is 8.32. The van der Waals surface area contributed by atoms with Gasteiger partial charge in [-0.25, -0.2) is 4.79 Å². The molecule has 0 aliphatic carbocycles. The Morgan fingerprint density at radius 1 is 1.41 bits per heavy atom. The van der Waals surface area contributed by atoms with Crippen LogP contribution in [0.25, 0.3) is 0 Å². The van der Waals surface area contributed by atoms with Crippen LogP contribution in [0.3, 0.4) is 0 Å². The fourth-order valence-corrected chi connectivity index (χ4v) is 3.65. The lowest BCUT2D eigenvalue weighted by Gasteiger charge is -2.28. The summed E-state index contributed by atoms with van der Waals surface area (Å²) in [5, 5.41) is 12.4. The zero-order valence-electron chi connectivity index (χ0n) is 13.4. The smallest absolute Gasteiger partial charge is 0.317 e. The Kier molecular flexibility index (Phi) is 6.43. The molecule has 5 heteroatoms. The third kappa shape index (κ3) is 5.13. The highest BCUT2D eigenvalue weighted by molar-refractivity contribution is 7.99. The number of urea groups is 1. The highest BCUT2D eigenvalue weighted by Crippen LogP contribution is 2.16. The van der Waals surface area contributed by atoms with Gasteiger partial charge in [-0.2, -0.15) is 11.8 Å². The van der Waals surface area contributed by atoms with Crippen molar-refractivity contribution in [1.82, 2.24) is 10.2 Å². The van der Waals surface area contributed by atoms with Crippen molar-refractivity contribution < 1.29 is 9.90 Å². The number of hydrogen-bond acceptors (Lipinski definition) is 3. The summed E-state index contributed by atoms with van der Waals surface area (Å²) < 4.78 is 0. The van der Waals surface area contributed by atoms with E-state index in [1.165, 1.54) is 5.56 Å². The maximum Gasteiger partial charge on any atom is 0.317 e. The number of amides is 2. The van der Waals surface area contributed by atoms with Crippen molar-refractivity contribution in [3.8, 4) is 5.75 Å². The van der Waals surface area contributed by atoms with Crippen LogP contribution in [0.15, 0.2) is 24.3 Å². The first kappa shape index (κ1) is 17.0. The molecule has 0 aromatic heterocycles. The third-order valence-electron chi connectivity index (χ3n) is 4.12. The molecule has 2 amide bonds. The van der Waals surface area contributed by atoms with E-state index in [1.54, 1.807) is 12.1 Å². The highest BCUT2D eigenvalue weighted by Gasteiger charge is 2.22. The topological polar surface area (TPSA) is 52.6 Å². The number of thioether (sulfide) groups is 1. The average Bonchev–Trinajstić information content (AvgIpc) is 2.71. The number of carbonyl (C=O) groups is 1. The number of hydrogen-bond donors (Lipinski definition) is 2. The lowest BCUT2D eigenvalue weighted by atomic mass is 10.1. The van der Waals surface area contributed by atoms with Crippen molar-refractivity contribution >= 4 is 17.8 Å². The normalized spacial score (nSPS) is 20.3. The molecule has 2 N–H and O–H groups in total. The molecule has 1 aliphatic rings. The van der Waals surface area contributed by atoms with Crippen molar-refractivity contribution in [1.29, 1.82) is 0 Å². The number of nitrogens with zero attached hydrogens (tertiary/aromatic N) is 1. The maximum atomic E-state index is 12.4. The summed E-state index contributed by atoms with van der Waals surface area (Å²) in [6, 6.07) is 7.79. The van der Waals surface area contributed by atoms with E-state index >= 15 is 0 Å². The van der Waals surface area contributed by atoms with E-state index in [2.05, 4.69) is 19.2 Å². The van der Waals surface area contributed by atoms with Gasteiger partial charge in [0.15, 0.2) is 0 Å². The minimum Gasteiger partial charge on any atom is -0.508 e. The lowest BCUT2D eigenvalue weighted by molar-refractivity contribution is 0.179. The summed E-state index contributed by atoms with van der Waals surface area (Å²) >= 11 is 1.93. The summed E-state index contributed by atoms with van der Waals surface area (Å²) in [5.41, 5.74) is 1.18. The molecule has 4 nitrogen and oxygen atoms in total. The second-order valence-electron chi connectivity index (χ2n) is 6.00. The molecular formula is C17H26N2O2S. The quantitative estimate of drug-likeness (QED) is 0.894. The summed E-state index contributed by atoms with van der Waals surface area (Å²) in [5.74, 6) is 2.46. The van der Waals surface area contributed by atoms with E-state index in [0.29, 0.717) is 6.04 Å². The minimum absolute atomic E-state index is 0.0632. The van der Waals surface area contributed by atoms with Crippen molar-refractivity contribution in [2.24, 2.45) is 0 Å². The first-order chi connectivity index (χ1) is 10.6. The Morgan fingerprint density at radius 3 is 2.86 bits per heavy atom. The van der Waals surface area contributed by atoms with Gasteiger partial charge < -0.3 is 15.3 Å². The van der Waals surface area contributed by atoms with Gasteiger partial charge in [0.2, 0.25) is 0 Å². The molecule has 1 saturated heterocycles. The molecule has 0 radical (unpaired) electrons. The van der Waals surface area contributed by atoms with E-state index in [9.17, 15) is 9.90 Å². The Balaban J connectivity index is 1.79. The largest absolute Gasteiger partial charge is 0.508 e. The molecule has 0 saturated carbocycles. The molecule has 22 heavy (non-hydrogen) atoms. The number of phenolic OH excluding ortho intramolecular Hbond substituents is 1. The van der Waals surface area contributed by atoms with E-state index < -0.39 is 0 Å². The molecule has 1 aromatic rings. The molecule has 1 aliphatic heterocycles. The van der Waals surface area contributed by atoms with Gasteiger partial charge in [-0.1, -0.05) is 12.1 Å². The Morgan fingerprint density at radius 2 is 2.14 bits per heavy atom. The van der Waals surface area contributed by atoms with Gasteiger partial charge in [0.25, 0.3) is 0 Å². The van der Waals surface area contributed by atoms with Crippen LogP contribution in [-0.2, 0) is 6.42 Å². The molecule has 2 atom stereocenters. The van der Waals surface area contributed by atoms with Gasteiger partial charge in [-0.3, -0.25) is 0 Å². The number of aryl methyl sites for hydroxylation is 1. The van der Waals surface area contributed by atoms with E-state index in [1.807, 2.05) is 28.8 Å². The van der Waals surface area contributed by atoms with Gasteiger partial charge in [0.05, 0.1) is 0 Å². The molecule has 0 spiro atoms. The lowest BCUT2D eigenvalue weighted by Crippen LogP contribution is -2.48. The Hall–Kier alpha value is -1.36. The SMILES string of the molecule is C[C@@H]1CCSCCN1C(=O)N[C@@H](C)CCc1ccc(O)cc1. The number of rotatable bonds is 4. The zero-order valence-corrected chi connectivity index (χ0v) is 14.2. The summed E-state index contributed by atoms with van der Waals surface area (Å²) in [6.45, 7) is 5.02. The molecule has 2 rings (SSSR count). The molecule has 122 valence electrons. The fraction of sp³-hybridized carbons (Fsp3) is 0.588. The van der Waals surface area contributed by atoms with Gasteiger partial charge >= 0.3 is 6.03 Å². The summed E-state index contributed by atoms with van der Waals surface area (Å²) in [7, 11) is 0. The Labute approximate surface area is 137 Å². The number of phenols is 1. The number of aromatic hydroxyl groups is 1. The maximum absolute atomic E-state index is 12.4. The fourth-order valence-electron chi connectivity index (χ4n) is 2.61. The van der Waals surface area contributed by atoms with Crippen LogP contribution in [-0.4, -0.2) is 46.2 Å². The van der Waals surface area contributed by atoms with Gasteiger partial charge in [0, 0.05) is 24.4 Å². The van der Waals surface area contributed by atoms with Crippen LogP contribution in [0.4, 0.5) is 4.79 Å². The first-order valence-electron chi connectivity index (χ1n) is 7.99. The second-order valence-corrected chi connectivity index (χ2v) is 7.22. The predicted octanol–water partition coefficient (Wildman–Crippen LogP) is 3.25. The van der Waals surface area contributed by atoms with Crippen LogP contribution in [0.1, 0.15) is 32.3 Å². The van der Waals surface area contributed by atoms with Crippen molar-refractivity contribution in [3.63, 3.8) is 0 Å². The van der Waals surface area contributed by atoms with Gasteiger partial charge in [-0.15, -0.1) is 0 Å². The van der Waals surface area contributed by atoms with E-state index in [0.717, 1.165) is 37.3 Å². The predicted molar refractivity (Wildman–Crippen MR) is 92.5 cm³/mol. The molecule has 0 unspecified atom stereocenters. The van der Waals surface area contributed by atoms with Crippen molar-refractivity contribution in [2.75, 3.05) is 18.1 Å². The summed E-state index contributed by atoms with van der Waals surface area (Å²) in [6.07, 6.45) is 2.86. The number of benzene rings is 1. The number of nitrogens with one attached hydrogen (secondary N) is 1. The highest BCUT2D eigenvalue weighted by atomic mass is 32.2. The minimum atomic E-state index is 0.0632. The van der Waals surface area contributed by atoms with E-state index in [-0.39, 0.29) is 17.8 Å². The molecule has 0 bridgehead atoms. The average molecular weight is 322 g/mol. The standard InChI is InChI=1S/C17H26N2O2S/c1-13(3-4-15-5-7-16(20)8-6-15)18-17(21)19-10-12-22-11-9-14(19)2/h5-8,13-14,20H,3-4,9-12H2,1-2H3,(H,18,21)/t13-,14+/m0/s1. The van der Waals surface area contributed by atoms with E-state index in [4.69, 9.17) is 0 Å². The van der Waals surface area contributed by atoms with Crippen LogP contribution in [0.2, 0.25) is 0 Å². The monoisotopic (exact) mass is 322 g/mol. The summed E-state index contributed by atoms with van der Waals surface area (Å²) in [4.78, 5) is 14.4. The zero-order chi connectivity index (χ0) is 15.9. The van der Waals surface area contributed by atoms with Crippen LogP contribution >= 0.6 is 11.8 Å². The molecular weight excluding hydrogens is 296 g/mol.